The summed E-state index contributed by atoms with van der Waals surface area (Å²) in [6.07, 6.45) is 3.49. The van der Waals surface area contributed by atoms with Gasteiger partial charge in [-0.2, -0.15) is 0 Å². The van der Waals surface area contributed by atoms with E-state index in [4.69, 9.17) is 9.47 Å². The molecule has 2 rings (SSSR count). The predicted octanol–water partition coefficient (Wildman–Crippen LogP) is 1.76. The van der Waals surface area contributed by atoms with Gasteiger partial charge in [0.1, 0.15) is 0 Å². The minimum atomic E-state index is -0.773. The van der Waals surface area contributed by atoms with E-state index in [1.807, 2.05) is 0 Å². The Bertz CT molecular complexity index is 439. The Hall–Kier alpha value is -1.65. The van der Waals surface area contributed by atoms with Crippen LogP contribution >= 0.6 is 0 Å². The van der Waals surface area contributed by atoms with Crippen molar-refractivity contribution in [2.24, 2.45) is 11.3 Å². The first-order valence-corrected chi connectivity index (χ1v) is 6.56. The Labute approximate surface area is 111 Å². The summed E-state index contributed by atoms with van der Waals surface area (Å²) in [6.45, 7) is 5.17. The normalized spacial score (nSPS) is 29.6. The van der Waals surface area contributed by atoms with E-state index in [1.54, 1.807) is 6.92 Å². The molecule has 2 atom stereocenters. The average molecular weight is 266 g/mol. The molecule has 0 radical (unpaired) electrons. The fourth-order valence-corrected chi connectivity index (χ4v) is 2.94. The van der Waals surface area contributed by atoms with Crippen LogP contribution in [0.3, 0.4) is 0 Å². The number of cyclic esters (lactones) is 2. The molecule has 104 valence electrons. The van der Waals surface area contributed by atoms with E-state index in [2.05, 4.69) is 6.58 Å². The molecule has 2 aliphatic rings. The Kier molecular flexibility index (Phi) is 3.73. The standard InChI is InChI=1S/C14H18O5/c1-9(2)11(15)18-8-7-14-6-4-3-5-10(14)12(16)19-13(14)17/h10H,1,3-8H2,2H3. The van der Waals surface area contributed by atoms with Crippen LogP contribution in [0.2, 0.25) is 0 Å². The molecule has 2 unspecified atom stereocenters. The van der Waals surface area contributed by atoms with Crippen molar-refractivity contribution in [3.63, 3.8) is 0 Å². The molecule has 1 heterocycles. The van der Waals surface area contributed by atoms with Crippen LogP contribution in [0.15, 0.2) is 12.2 Å². The number of carbonyl (C=O) groups excluding carboxylic acids is 3. The zero-order valence-corrected chi connectivity index (χ0v) is 11.1. The molecule has 0 aromatic heterocycles. The topological polar surface area (TPSA) is 69.7 Å². The SMILES string of the molecule is C=C(C)C(=O)OCCC12CCCCC1C(=O)OC2=O. The number of hydrogen-bond donors (Lipinski definition) is 0. The largest absolute Gasteiger partial charge is 0.462 e. The molecule has 0 aromatic rings. The summed E-state index contributed by atoms with van der Waals surface area (Å²) in [5.41, 5.74) is -0.451. The minimum Gasteiger partial charge on any atom is -0.462 e. The number of rotatable bonds is 4. The molecule has 0 aromatic carbocycles. The van der Waals surface area contributed by atoms with Gasteiger partial charge in [-0.15, -0.1) is 0 Å². The first-order chi connectivity index (χ1) is 8.97. The summed E-state index contributed by atoms with van der Waals surface area (Å²) >= 11 is 0. The number of carbonyl (C=O) groups is 3. The second-order valence-corrected chi connectivity index (χ2v) is 5.33. The van der Waals surface area contributed by atoms with Crippen molar-refractivity contribution in [1.82, 2.24) is 0 Å². The van der Waals surface area contributed by atoms with Gasteiger partial charge in [-0.25, -0.2) is 4.79 Å². The second kappa shape index (κ2) is 5.15. The van der Waals surface area contributed by atoms with Gasteiger partial charge in [-0.3, -0.25) is 9.59 Å². The molecule has 0 N–H and O–H groups in total. The van der Waals surface area contributed by atoms with Crippen LogP contribution in [0, 0.1) is 11.3 Å². The van der Waals surface area contributed by atoms with E-state index in [9.17, 15) is 14.4 Å². The quantitative estimate of drug-likeness (QED) is 0.440. The Balaban J connectivity index is 2.03. The van der Waals surface area contributed by atoms with Gasteiger partial charge in [-0.1, -0.05) is 19.4 Å². The molecule has 1 aliphatic heterocycles. The summed E-state index contributed by atoms with van der Waals surface area (Å²) < 4.78 is 9.82. The third kappa shape index (κ3) is 2.41. The van der Waals surface area contributed by atoms with E-state index in [0.717, 1.165) is 12.8 Å². The third-order valence-electron chi connectivity index (χ3n) is 4.05. The van der Waals surface area contributed by atoms with E-state index >= 15 is 0 Å². The molecule has 1 aliphatic carbocycles. The minimum absolute atomic E-state index is 0.116. The highest BCUT2D eigenvalue weighted by Gasteiger charge is 2.57. The molecular formula is C14H18O5. The Morgan fingerprint density at radius 3 is 2.89 bits per heavy atom. The molecule has 2 fully saturated rings. The molecule has 19 heavy (non-hydrogen) atoms. The maximum absolute atomic E-state index is 11.9. The lowest BCUT2D eigenvalue weighted by Gasteiger charge is -2.33. The van der Waals surface area contributed by atoms with Gasteiger partial charge in [0.2, 0.25) is 0 Å². The van der Waals surface area contributed by atoms with Crippen molar-refractivity contribution in [2.75, 3.05) is 6.61 Å². The number of fused-ring (bicyclic) bond motifs is 1. The van der Waals surface area contributed by atoms with Crippen LogP contribution in [-0.2, 0) is 23.9 Å². The predicted molar refractivity (Wildman–Crippen MR) is 65.9 cm³/mol. The zero-order valence-electron chi connectivity index (χ0n) is 11.1. The fourth-order valence-electron chi connectivity index (χ4n) is 2.94. The molecule has 5 nitrogen and oxygen atoms in total. The van der Waals surface area contributed by atoms with Crippen LogP contribution in [0.1, 0.15) is 39.0 Å². The Morgan fingerprint density at radius 2 is 2.21 bits per heavy atom. The molecule has 5 heteroatoms. The summed E-state index contributed by atoms with van der Waals surface area (Å²) in [6, 6.07) is 0. The Morgan fingerprint density at radius 1 is 1.47 bits per heavy atom. The van der Waals surface area contributed by atoms with E-state index in [-0.39, 0.29) is 12.5 Å². The van der Waals surface area contributed by atoms with Crippen LogP contribution in [0.4, 0.5) is 0 Å². The van der Waals surface area contributed by atoms with E-state index in [0.29, 0.717) is 24.8 Å². The second-order valence-electron chi connectivity index (χ2n) is 5.33. The first kappa shape index (κ1) is 13.8. The molecule has 0 amide bonds. The fraction of sp³-hybridized carbons (Fsp3) is 0.643. The maximum atomic E-state index is 11.9. The van der Waals surface area contributed by atoms with Crippen molar-refractivity contribution in [1.29, 1.82) is 0 Å². The summed E-state index contributed by atoms with van der Waals surface area (Å²) in [4.78, 5) is 34.9. The third-order valence-corrected chi connectivity index (χ3v) is 4.05. The summed E-state index contributed by atoms with van der Waals surface area (Å²) in [5.74, 6) is -1.71. The molecule has 0 bridgehead atoms. The van der Waals surface area contributed by atoms with Crippen LogP contribution < -0.4 is 0 Å². The lowest BCUT2D eigenvalue weighted by Crippen LogP contribution is -2.38. The van der Waals surface area contributed by atoms with Crippen molar-refractivity contribution in [3.05, 3.63) is 12.2 Å². The van der Waals surface area contributed by atoms with Crippen molar-refractivity contribution >= 4 is 17.9 Å². The van der Waals surface area contributed by atoms with Gasteiger partial charge in [0.25, 0.3) is 0 Å². The molecule has 0 spiro atoms. The van der Waals surface area contributed by atoms with Crippen molar-refractivity contribution in [2.45, 2.75) is 39.0 Å². The van der Waals surface area contributed by atoms with Crippen molar-refractivity contribution in [3.8, 4) is 0 Å². The van der Waals surface area contributed by atoms with Crippen LogP contribution in [0.5, 0.6) is 0 Å². The number of hydrogen-bond acceptors (Lipinski definition) is 5. The van der Waals surface area contributed by atoms with Crippen LogP contribution in [-0.4, -0.2) is 24.5 Å². The molecule has 1 saturated heterocycles. The van der Waals surface area contributed by atoms with E-state index < -0.39 is 23.3 Å². The molecular weight excluding hydrogens is 248 g/mol. The van der Waals surface area contributed by atoms with Gasteiger partial charge in [0, 0.05) is 5.57 Å². The number of esters is 3. The number of ether oxygens (including phenoxy) is 2. The molecule has 1 saturated carbocycles. The summed E-state index contributed by atoms with van der Waals surface area (Å²) in [7, 11) is 0. The highest BCUT2D eigenvalue weighted by atomic mass is 16.6. The van der Waals surface area contributed by atoms with Crippen molar-refractivity contribution < 1.29 is 23.9 Å². The lowest BCUT2D eigenvalue weighted by molar-refractivity contribution is -0.156. The summed E-state index contributed by atoms with van der Waals surface area (Å²) in [5, 5.41) is 0. The van der Waals surface area contributed by atoms with Gasteiger partial charge >= 0.3 is 17.9 Å². The first-order valence-electron chi connectivity index (χ1n) is 6.56. The lowest BCUT2D eigenvalue weighted by atomic mass is 9.66. The smallest absolute Gasteiger partial charge is 0.333 e. The van der Waals surface area contributed by atoms with Gasteiger partial charge in [0.05, 0.1) is 17.9 Å². The monoisotopic (exact) mass is 266 g/mol. The highest BCUT2D eigenvalue weighted by Crippen LogP contribution is 2.49. The van der Waals surface area contributed by atoms with Gasteiger partial charge in [-0.05, 0) is 26.2 Å². The zero-order chi connectivity index (χ0) is 14.0. The highest BCUT2D eigenvalue weighted by molar-refractivity contribution is 5.99. The van der Waals surface area contributed by atoms with Gasteiger partial charge < -0.3 is 9.47 Å². The van der Waals surface area contributed by atoms with Gasteiger partial charge in [0.15, 0.2) is 0 Å². The average Bonchev–Trinajstić information content (AvgIpc) is 2.62. The van der Waals surface area contributed by atoms with E-state index in [1.165, 1.54) is 0 Å². The van der Waals surface area contributed by atoms with Crippen LogP contribution in [0.25, 0.3) is 0 Å². The maximum Gasteiger partial charge on any atom is 0.333 e.